The molecule has 136 valence electrons. The third kappa shape index (κ3) is 3.99. The topological polar surface area (TPSA) is 48.0 Å². The lowest BCUT2D eigenvalue weighted by Gasteiger charge is -2.23. The Morgan fingerprint density at radius 2 is 2.04 bits per heavy atom. The van der Waals surface area contributed by atoms with Gasteiger partial charge in [0.15, 0.2) is 0 Å². The zero-order valence-corrected chi connectivity index (χ0v) is 15.3. The molecule has 2 aromatic rings. The van der Waals surface area contributed by atoms with Crippen LogP contribution in [0.25, 0.3) is 6.08 Å². The number of fused-ring (bicyclic) bond motifs is 1. The van der Waals surface area contributed by atoms with Crippen LogP contribution in [-0.2, 0) is 11.3 Å². The zero-order valence-electron chi connectivity index (χ0n) is 15.3. The summed E-state index contributed by atoms with van der Waals surface area (Å²) in [4.78, 5) is 14.5. The van der Waals surface area contributed by atoms with Gasteiger partial charge >= 0.3 is 0 Å². The van der Waals surface area contributed by atoms with Crippen LogP contribution < -0.4 is 14.2 Å². The van der Waals surface area contributed by atoms with Gasteiger partial charge < -0.3 is 19.1 Å². The third-order valence-electron chi connectivity index (χ3n) is 4.18. The Labute approximate surface area is 153 Å². The fraction of sp³-hybridized carbons (Fsp3) is 0.286. The van der Waals surface area contributed by atoms with Crippen LogP contribution in [0.4, 0.5) is 0 Å². The highest BCUT2D eigenvalue weighted by molar-refractivity contribution is 5.99. The fourth-order valence-electron chi connectivity index (χ4n) is 2.90. The second kappa shape index (κ2) is 7.95. The lowest BCUT2D eigenvalue weighted by Crippen LogP contribution is -2.30. The van der Waals surface area contributed by atoms with Crippen molar-refractivity contribution in [1.29, 1.82) is 0 Å². The number of nitrogens with zero attached hydrogens (tertiary/aromatic N) is 1. The maximum Gasteiger partial charge on any atom is 0.253 e. The molecule has 1 aliphatic rings. The summed E-state index contributed by atoms with van der Waals surface area (Å²) in [5.74, 6) is 2.26. The molecule has 2 aromatic carbocycles. The molecule has 5 heteroatoms. The van der Waals surface area contributed by atoms with E-state index < -0.39 is 0 Å². The minimum atomic E-state index is -0.0553. The van der Waals surface area contributed by atoms with Crippen molar-refractivity contribution in [3.8, 4) is 17.2 Å². The van der Waals surface area contributed by atoms with E-state index >= 15 is 0 Å². The van der Waals surface area contributed by atoms with Gasteiger partial charge in [-0.3, -0.25) is 4.79 Å². The fourth-order valence-corrected chi connectivity index (χ4v) is 2.90. The molecule has 0 aliphatic carbocycles. The largest absolute Gasteiger partial charge is 0.497 e. The normalized spacial score (nSPS) is 12.5. The van der Waals surface area contributed by atoms with Gasteiger partial charge in [0.05, 0.1) is 19.3 Å². The van der Waals surface area contributed by atoms with Crippen molar-refractivity contribution in [2.75, 3.05) is 27.4 Å². The number of likely N-dealkylation sites (N-methyl/N-ethyl adjacent to an activating group) is 1. The highest BCUT2D eigenvalue weighted by Crippen LogP contribution is 2.30. The van der Waals surface area contributed by atoms with E-state index in [0.29, 0.717) is 18.7 Å². The molecule has 0 saturated carbocycles. The number of carbonyl (C=O) groups is 1. The van der Waals surface area contributed by atoms with Gasteiger partial charge in [-0.15, -0.1) is 0 Å². The minimum absolute atomic E-state index is 0.0553. The quantitative estimate of drug-likeness (QED) is 0.797. The maximum absolute atomic E-state index is 12.8. The van der Waals surface area contributed by atoms with Crippen molar-refractivity contribution >= 4 is 12.0 Å². The molecule has 0 unspecified atom stereocenters. The molecule has 1 aliphatic heterocycles. The van der Waals surface area contributed by atoms with Crippen LogP contribution in [0.15, 0.2) is 48.0 Å². The molecule has 1 amide bonds. The third-order valence-corrected chi connectivity index (χ3v) is 4.18. The number of rotatable bonds is 6. The number of ether oxygens (including phenoxy) is 3. The average molecular weight is 353 g/mol. The number of hydrogen-bond donors (Lipinski definition) is 0. The van der Waals surface area contributed by atoms with E-state index in [4.69, 9.17) is 14.2 Å². The molecule has 0 spiro atoms. The molecule has 0 radical (unpaired) electrons. The lowest BCUT2D eigenvalue weighted by molar-refractivity contribution is -0.126. The van der Waals surface area contributed by atoms with E-state index in [1.54, 1.807) is 19.1 Å². The Kier molecular flexibility index (Phi) is 5.46. The molecule has 0 saturated heterocycles. The first-order valence-corrected chi connectivity index (χ1v) is 8.59. The number of methoxy groups -OCH3 is 1. The monoisotopic (exact) mass is 353 g/mol. The van der Waals surface area contributed by atoms with E-state index in [1.165, 1.54) is 0 Å². The van der Waals surface area contributed by atoms with Gasteiger partial charge in [-0.2, -0.15) is 0 Å². The van der Waals surface area contributed by atoms with Crippen LogP contribution in [0, 0.1) is 0 Å². The molecule has 0 atom stereocenters. The second-order valence-corrected chi connectivity index (χ2v) is 6.10. The van der Waals surface area contributed by atoms with Gasteiger partial charge in [0.25, 0.3) is 5.91 Å². The van der Waals surface area contributed by atoms with Crippen LogP contribution in [0.1, 0.15) is 18.1 Å². The van der Waals surface area contributed by atoms with E-state index in [-0.39, 0.29) is 12.5 Å². The number of hydrogen-bond acceptors (Lipinski definition) is 4. The Morgan fingerprint density at radius 1 is 1.19 bits per heavy atom. The first-order chi connectivity index (χ1) is 12.6. The molecular weight excluding hydrogens is 330 g/mol. The summed E-state index contributed by atoms with van der Waals surface area (Å²) in [6.45, 7) is 3.30. The van der Waals surface area contributed by atoms with Crippen molar-refractivity contribution in [2.24, 2.45) is 0 Å². The molecular formula is C21H23NO4. The van der Waals surface area contributed by atoms with E-state index in [9.17, 15) is 4.79 Å². The van der Waals surface area contributed by atoms with Crippen molar-refractivity contribution in [3.63, 3.8) is 0 Å². The minimum Gasteiger partial charge on any atom is -0.497 e. The molecule has 1 heterocycles. The standard InChI is InChI=1S/C21H23NO4/c1-4-25-19-8-9-20-16(12-19)11-17(14-26-20)21(23)22(2)13-15-6-5-7-18(10-15)24-3/h5-12H,4,13-14H2,1-3H3. The molecule has 5 nitrogen and oxygen atoms in total. The van der Waals surface area contributed by atoms with Gasteiger partial charge in [-0.05, 0) is 48.9 Å². The summed E-state index contributed by atoms with van der Waals surface area (Å²) in [7, 11) is 3.42. The van der Waals surface area contributed by atoms with Gasteiger partial charge in [0, 0.05) is 19.2 Å². The number of carbonyl (C=O) groups excluding carboxylic acids is 1. The Balaban J connectivity index is 1.75. The van der Waals surface area contributed by atoms with Gasteiger partial charge in [-0.1, -0.05) is 12.1 Å². The van der Waals surface area contributed by atoms with E-state index in [0.717, 1.165) is 28.4 Å². The van der Waals surface area contributed by atoms with Gasteiger partial charge in [0.2, 0.25) is 0 Å². The van der Waals surface area contributed by atoms with Crippen molar-refractivity contribution in [2.45, 2.75) is 13.5 Å². The summed E-state index contributed by atoms with van der Waals surface area (Å²) in [6, 6.07) is 13.3. The van der Waals surface area contributed by atoms with Crippen molar-refractivity contribution < 1.29 is 19.0 Å². The molecule has 3 rings (SSSR count). The Hall–Kier alpha value is -2.95. The molecule has 0 bridgehead atoms. The summed E-state index contributed by atoms with van der Waals surface area (Å²) in [5.41, 5.74) is 2.49. The second-order valence-electron chi connectivity index (χ2n) is 6.10. The lowest BCUT2D eigenvalue weighted by atomic mass is 10.1. The summed E-state index contributed by atoms with van der Waals surface area (Å²) in [6.07, 6.45) is 1.88. The molecule has 0 aromatic heterocycles. The Morgan fingerprint density at radius 3 is 2.81 bits per heavy atom. The SMILES string of the molecule is CCOc1ccc2c(c1)C=C(C(=O)N(C)Cc1cccc(OC)c1)CO2. The van der Waals surface area contributed by atoms with Crippen LogP contribution >= 0.6 is 0 Å². The average Bonchev–Trinajstić information content (AvgIpc) is 2.67. The molecule has 26 heavy (non-hydrogen) atoms. The van der Waals surface area contributed by atoms with Crippen LogP contribution in [0.3, 0.4) is 0 Å². The first kappa shape index (κ1) is 17.9. The smallest absolute Gasteiger partial charge is 0.253 e. The van der Waals surface area contributed by atoms with Gasteiger partial charge in [-0.25, -0.2) is 0 Å². The van der Waals surface area contributed by atoms with Crippen LogP contribution in [0.2, 0.25) is 0 Å². The van der Waals surface area contributed by atoms with Gasteiger partial charge in [0.1, 0.15) is 23.9 Å². The van der Waals surface area contributed by atoms with Crippen molar-refractivity contribution in [1.82, 2.24) is 4.90 Å². The predicted molar refractivity (Wildman–Crippen MR) is 101 cm³/mol. The van der Waals surface area contributed by atoms with Crippen molar-refractivity contribution in [3.05, 3.63) is 59.2 Å². The van der Waals surface area contributed by atoms with Crippen LogP contribution in [0.5, 0.6) is 17.2 Å². The number of benzene rings is 2. The number of amides is 1. The highest BCUT2D eigenvalue weighted by atomic mass is 16.5. The predicted octanol–water partition coefficient (Wildman–Crippen LogP) is 3.53. The summed E-state index contributed by atoms with van der Waals surface area (Å²) < 4.78 is 16.5. The summed E-state index contributed by atoms with van der Waals surface area (Å²) >= 11 is 0. The molecule has 0 fully saturated rings. The molecule has 0 N–H and O–H groups in total. The summed E-state index contributed by atoms with van der Waals surface area (Å²) in [5, 5.41) is 0. The highest BCUT2D eigenvalue weighted by Gasteiger charge is 2.21. The Bertz CT molecular complexity index is 829. The maximum atomic E-state index is 12.8. The zero-order chi connectivity index (χ0) is 18.5. The first-order valence-electron chi connectivity index (χ1n) is 8.59. The van der Waals surface area contributed by atoms with Crippen LogP contribution in [-0.4, -0.2) is 38.2 Å². The van der Waals surface area contributed by atoms with E-state index in [2.05, 4.69) is 0 Å². The van der Waals surface area contributed by atoms with E-state index in [1.807, 2.05) is 55.5 Å².